The Bertz CT molecular complexity index is 372. The second kappa shape index (κ2) is 3.71. The van der Waals surface area contributed by atoms with Gasteiger partial charge in [-0.05, 0) is 24.6 Å². The summed E-state index contributed by atoms with van der Waals surface area (Å²) in [6.45, 7) is 1.83. The fraction of sp³-hybridized carbons (Fsp3) is 0.143. The van der Waals surface area contributed by atoms with Gasteiger partial charge >= 0.3 is 10.1 Å². The molecule has 0 aliphatic heterocycles. The summed E-state index contributed by atoms with van der Waals surface area (Å²) >= 11 is 1.36. The van der Waals surface area contributed by atoms with Crippen LogP contribution in [-0.4, -0.2) is 8.42 Å². The summed E-state index contributed by atoms with van der Waals surface area (Å²) < 4.78 is 26.6. The zero-order valence-corrected chi connectivity index (χ0v) is 9.29. The van der Waals surface area contributed by atoms with E-state index in [9.17, 15) is 8.42 Å². The summed E-state index contributed by atoms with van der Waals surface area (Å²) in [7, 11) is -3.53. The smallest absolute Gasteiger partial charge is 0.195 e. The third-order valence-corrected chi connectivity index (χ3v) is 3.78. The van der Waals surface area contributed by atoms with E-state index in [1.165, 1.54) is 29.1 Å². The van der Waals surface area contributed by atoms with Crippen molar-refractivity contribution in [1.82, 2.24) is 0 Å². The van der Waals surface area contributed by atoms with E-state index in [0.717, 1.165) is 5.56 Å². The Hall–Kier alpha value is -0.140. The quantitative estimate of drug-likeness (QED) is 0.785. The average molecular weight is 298 g/mol. The van der Waals surface area contributed by atoms with Crippen LogP contribution in [0.4, 0.5) is 0 Å². The van der Waals surface area contributed by atoms with Gasteiger partial charge in [0.15, 0.2) is 0 Å². The van der Waals surface area contributed by atoms with Crippen LogP contribution in [0.15, 0.2) is 29.2 Å². The lowest BCUT2D eigenvalue weighted by Gasteiger charge is -1.99. The predicted octanol–water partition coefficient (Wildman–Crippen LogP) is 2.05. The van der Waals surface area contributed by atoms with Crippen LogP contribution in [0.1, 0.15) is 5.56 Å². The molecular formula is C7H7IO3S. The first-order valence-corrected chi connectivity index (χ1v) is 5.47. The first-order chi connectivity index (χ1) is 5.56. The molecule has 0 N–H and O–H groups in total. The first-order valence-electron chi connectivity index (χ1n) is 3.18. The molecule has 0 spiro atoms. The van der Waals surface area contributed by atoms with Gasteiger partial charge in [0, 0.05) is 0 Å². The number of rotatable bonds is 2. The SMILES string of the molecule is Cc1cccc(S(=O)(=O)OI)c1. The molecule has 5 heteroatoms. The molecule has 0 bridgehead atoms. The van der Waals surface area contributed by atoms with E-state index < -0.39 is 10.1 Å². The fourth-order valence-corrected chi connectivity index (χ4v) is 2.08. The molecule has 0 unspecified atom stereocenters. The van der Waals surface area contributed by atoms with Crippen LogP contribution in [0.25, 0.3) is 0 Å². The molecule has 0 heterocycles. The van der Waals surface area contributed by atoms with E-state index in [1.54, 1.807) is 12.1 Å². The fourth-order valence-electron chi connectivity index (χ4n) is 0.807. The molecule has 0 fully saturated rings. The zero-order chi connectivity index (χ0) is 9.19. The molecule has 0 atom stereocenters. The molecule has 0 saturated heterocycles. The van der Waals surface area contributed by atoms with Crippen molar-refractivity contribution in [3.63, 3.8) is 0 Å². The maximum Gasteiger partial charge on any atom is 0.306 e. The molecule has 12 heavy (non-hydrogen) atoms. The molecule has 1 aromatic carbocycles. The third kappa shape index (κ3) is 2.18. The second-order valence-electron chi connectivity index (χ2n) is 2.33. The molecule has 0 radical (unpaired) electrons. The molecule has 1 aromatic rings. The van der Waals surface area contributed by atoms with Crippen molar-refractivity contribution < 1.29 is 10.9 Å². The van der Waals surface area contributed by atoms with Crippen LogP contribution in [0, 0.1) is 6.92 Å². The van der Waals surface area contributed by atoms with E-state index >= 15 is 0 Å². The Kier molecular flexibility index (Phi) is 3.08. The molecule has 0 aliphatic carbocycles. The van der Waals surface area contributed by atoms with Gasteiger partial charge in [0.05, 0.1) is 4.90 Å². The molecule has 1 rings (SSSR count). The first kappa shape index (κ1) is 9.94. The van der Waals surface area contributed by atoms with Gasteiger partial charge in [-0.15, -0.1) is 0 Å². The maximum absolute atomic E-state index is 11.1. The van der Waals surface area contributed by atoms with Crippen LogP contribution < -0.4 is 0 Å². The lowest BCUT2D eigenvalue weighted by atomic mass is 10.2. The Morgan fingerprint density at radius 1 is 1.42 bits per heavy atom. The van der Waals surface area contributed by atoms with Gasteiger partial charge in [0.25, 0.3) is 0 Å². The Balaban J connectivity index is 3.21. The molecule has 0 aliphatic rings. The van der Waals surface area contributed by atoms with E-state index in [1.807, 2.05) is 13.0 Å². The number of hydrogen-bond acceptors (Lipinski definition) is 3. The molecule has 0 saturated carbocycles. The van der Waals surface area contributed by atoms with Crippen molar-refractivity contribution in [2.24, 2.45) is 0 Å². The monoisotopic (exact) mass is 298 g/mol. The third-order valence-electron chi connectivity index (χ3n) is 1.36. The number of aryl methyl sites for hydroxylation is 1. The number of benzene rings is 1. The van der Waals surface area contributed by atoms with E-state index in [2.05, 4.69) is 2.51 Å². The van der Waals surface area contributed by atoms with Crippen LogP contribution in [0.3, 0.4) is 0 Å². The largest absolute Gasteiger partial charge is 0.306 e. The normalized spacial score (nSPS) is 11.5. The summed E-state index contributed by atoms with van der Waals surface area (Å²) in [5.41, 5.74) is 0.893. The maximum atomic E-state index is 11.1. The number of halogens is 1. The zero-order valence-electron chi connectivity index (χ0n) is 6.32. The van der Waals surface area contributed by atoms with Gasteiger partial charge < -0.3 is 0 Å². The Labute approximate surface area is 85.6 Å². The van der Waals surface area contributed by atoms with Crippen LogP contribution >= 0.6 is 23.0 Å². The van der Waals surface area contributed by atoms with Crippen molar-refractivity contribution >= 4 is 33.1 Å². The topological polar surface area (TPSA) is 43.4 Å². The highest BCUT2D eigenvalue weighted by Gasteiger charge is 2.12. The minimum atomic E-state index is -3.53. The van der Waals surface area contributed by atoms with Crippen molar-refractivity contribution in [3.05, 3.63) is 29.8 Å². The Morgan fingerprint density at radius 3 is 2.58 bits per heavy atom. The lowest BCUT2D eigenvalue weighted by Crippen LogP contribution is -1.99. The summed E-state index contributed by atoms with van der Waals surface area (Å²) in [4.78, 5) is 0.192. The predicted molar refractivity (Wildman–Crippen MR) is 53.5 cm³/mol. The van der Waals surface area contributed by atoms with Gasteiger partial charge in [0.2, 0.25) is 0 Å². The summed E-state index contributed by atoms with van der Waals surface area (Å²) in [6, 6.07) is 6.57. The number of hydrogen-bond donors (Lipinski definition) is 0. The minimum absolute atomic E-state index is 0.192. The van der Waals surface area contributed by atoms with Gasteiger partial charge in [-0.3, -0.25) is 0 Å². The highest BCUT2D eigenvalue weighted by Crippen LogP contribution is 2.15. The standard InChI is InChI=1S/C7H7IO3S/c1-6-3-2-4-7(5-6)12(9,10)11-8/h2-5H,1H3. The summed E-state index contributed by atoms with van der Waals surface area (Å²) in [5.74, 6) is 0. The summed E-state index contributed by atoms with van der Waals surface area (Å²) in [5, 5.41) is 0. The minimum Gasteiger partial charge on any atom is -0.195 e. The van der Waals surface area contributed by atoms with Crippen LogP contribution in [0.2, 0.25) is 0 Å². The van der Waals surface area contributed by atoms with Crippen molar-refractivity contribution in [1.29, 1.82) is 0 Å². The second-order valence-corrected chi connectivity index (χ2v) is 4.92. The van der Waals surface area contributed by atoms with Crippen molar-refractivity contribution in [2.75, 3.05) is 0 Å². The summed E-state index contributed by atoms with van der Waals surface area (Å²) in [6.07, 6.45) is 0. The van der Waals surface area contributed by atoms with E-state index in [4.69, 9.17) is 0 Å². The molecule has 66 valence electrons. The van der Waals surface area contributed by atoms with Gasteiger partial charge in [0.1, 0.15) is 23.0 Å². The van der Waals surface area contributed by atoms with Gasteiger partial charge in [-0.1, -0.05) is 12.1 Å². The van der Waals surface area contributed by atoms with Gasteiger partial charge in [-0.25, -0.2) is 0 Å². The highest BCUT2D eigenvalue weighted by molar-refractivity contribution is 14.1. The average Bonchev–Trinajstić information content (AvgIpc) is 2.05. The van der Waals surface area contributed by atoms with Crippen molar-refractivity contribution in [3.8, 4) is 0 Å². The molecule has 3 nitrogen and oxygen atoms in total. The van der Waals surface area contributed by atoms with E-state index in [0.29, 0.717) is 0 Å². The van der Waals surface area contributed by atoms with Crippen molar-refractivity contribution in [2.45, 2.75) is 11.8 Å². The molecule has 0 amide bonds. The Morgan fingerprint density at radius 2 is 2.08 bits per heavy atom. The lowest BCUT2D eigenvalue weighted by molar-refractivity contribution is 0.536. The molecular weight excluding hydrogens is 291 g/mol. The van der Waals surface area contributed by atoms with Crippen LogP contribution in [0.5, 0.6) is 0 Å². The van der Waals surface area contributed by atoms with Gasteiger partial charge in [-0.2, -0.15) is 10.9 Å². The van der Waals surface area contributed by atoms with Crippen LogP contribution in [-0.2, 0) is 12.6 Å². The van der Waals surface area contributed by atoms with E-state index in [-0.39, 0.29) is 4.90 Å². The molecule has 0 aromatic heterocycles. The highest BCUT2D eigenvalue weighted by atomic mass is 127.